The van der Waals surface area contributed by atoms with Gasteiger partial charge in [-0.05, 0) is 17.7 Å². The largest absolute Gasteiger partial charge is 0.392 e. The van der Waals surface area contributed by atoms with Crippen LogP contribution in [0.2, 0.25) is 0 Å². The third-order valence-corrected chi connectivity index (χ3v) is 4.34. The summed E-state index contributed by atoms with van der Waals surface area (Å²) in [7, 11) is 0. The summed E-state index contributed by atoms with van der Waals surface area (Å²) in [5.74, 6) is -1.41. The first-order valence-corrected chi connectivity index (χ1v) is 8.28. The van der Waals surface area contributed by atoms with Gasteiger partial charge in [0.2, 0.25) is 0 Å². The lowest BCUT2D eigenvalue weighted by molar-refractivity contribution is 0.283. The van der Waals surface area contributed by atoms with Crippen LogP contribution in [0.15, 0.2) is 65.7 Å². The van der Waals surface area contributed by atoms with E-state index in [1.807, 2.05) is 30.3 Å². The fourth-order valence-corrected chi connectivity index (χ4v) is 3.15. The topological polar surface area (TPSA) is 59.5 Å². The smallest absolute Gasteiger partial charge is 0.277 e. The van der Waals surface area contributed by atoms with E-state index in [2.05, 4.69) is 5.10 Å². The Labute approximate surface area is 152 Å². The third kappa shape index (κ3) is 3.13. The molecule has 0 fully saturated rings. The van der Waals surface area contributed by atoms with Gasteiger partial charge in [-0.25, -0.2) is 13.3 Å². The summed E-state index contributed by atoms with van der Waals surface area (Å²) >= 11 is 0. The van der Waals surface area contributed by atoms with Crippen molar-refractivity contribution in [1.29, 1.82) is 0 Å². The zero-order valence-corrected chi connectivity index (χ0v) is 14.1. The molecule has 0 amide bonds. The molecule has 27 heavy (non-hydrogen) atoms. The van der Waals surface area contributed by atoms with Crippen LogP contribution in [0.5, 0.6) is 0 Å². The van der Waals surface area contributed by atoms with Crippen LogP contribution in [-0.2, 0) is 13.2 Å². The van der Waals surface area contributed by atoms with Crippen LogP contribution < -0.4 is 5.56 Å². The second-order valence-electron chi connectivity index (χ2n) is 6.15. The first-order chi connectivity index (χ1) is 13.1. The van der Waals surface area contributed by atoms with Crippen LogP contribution in [-0.4, -0.2) is 19.3 Å². The Balaban J connectivity index is 1.85. The van der Waals surface area contributed by atoms with E-state index >= 15 is 0 Å². The summed E-state index contributed by atoms with van der Waals surface area (Å²) in [6.07, 6.45) is 3.08. The molecular weight excluding hydrogens is 352 g/mol. The molecule has 4 aromatic rings. The van der Waals surface area contributed by atoms with E-state index in [1.165, 1.54) is 27.4 Å². The molecule has 136 valence electrons. The number of rotatable bonds is 4. The Kier molecular flexibility index (Phi) is 4.29. The highest BCUT2D eigenvalue weighted by Gasteiger charge is 2.17. The highest BCUT2D eigenvalue weighted by molar-refractivity contribution is 5.72. The number of fused-ring (bicyclic) bond motifs is 1. The third-order valence-electron chi connectivity index (χ3n) is 4.34. The normalized spacial score (nSPS) is 11.2. The highest BCUT2D eigenvalue weighted by atomic mass is 19.1. The van der Waals surface area contributed by atoms with Gasteiger partial charge < -0.3 is 9.67 Å². The minimum absolute atomic E-state index is 0.000726. The second-order valence-corrected chi connectivity index (χ2v) is 6.15. The Hall–Kier alpha value is -3.32. The van der Waals surface area contributed by atoms with Gasteiger partial charge in [0.15, 0.2) is 0 Å². The predicted octanol–water partition coefficient (Wildman–Crippen LogP) is 2.98. The van der Waals surface area contributed by atoms with Crippen LogP contribution in [0.4, 0.5) is 8.78 Å². The van der Waals surface area contributed by atoms with E-state index in [0.717, 1.165) is 11.6 Å². The number of halogens is 2. The fraction of sp³-hybridized carbons (Fsp3) is 0.100. The monoisotopic (exact) mass is 367 g/mol. The molecule has 7 heteroatoms. The molecule has 0 saturated heterocycles. The minimum Gasteiger partial charge on any atom is -0.392 e. The molecule has 5 nitrogen and oxygen atoms in total. The molecular formula is C20H15F2N3O2. The fourth-order valence-electron chi connectivity index (χ4n) is 3.15. The Morgan fingerprint density at radius 3 is 2.37 bits per heavy atom. The van der Waals surface area contributed by atoms with Gasteiger partial charge >= 0.3 is 0 Å². The number of benzene rings is 2. The molecule has 0 atom stereocenters. The van der Waals surface area contributed by atoms with Crippen molar-refractivity contribution < 1.29 is 13.9 Å². The predicted molar refractivity (Wildman–Crippen MR) is 96.3 cm³/mol. The first kappa shape index (κ1) is 17.1. The maximum atomic E-state index is 13.4. The van der Waals surface area contributed by atoms with E-state index in [9.17, 15) is 18.7 Å². The number of aromatic nitrogens is 3. The van der Waals surface area contributed by atoms with Gasteiger partial charge in [0.25, 0.3) is 5.56 Å². The molecule has 0 spiro atoms. The van der Waals surface area contributed by atoms with E-state index in [0.29, 0.717) is 16.8 Å². The lowest BCUT2D eigenvalue weighted by Crippen LogP contribution is -2.22. The number of aliphatic hydroxyl groups is 1. The van der Waals surface area contributed by atoms with Gasteiger partial charge in [-0.1, -0.05) is 30.3 Å². The zero-order valence-electron chi connectivity index (χ0n) is 14.1. The van der Waals surface area contributed by atoms with E-state index in [4.69, 9.17) is 0 Å². The van der Waals surface area contributed by atoms with Crippen LogP contribution in [0.25, 0.3) is 16.8 Å². The molecule has 2 aromatic carbocycles. The number of nitrogens with zero attached hydrogens (tertiary/aromatic N) is 3. The standard InChI is InChI=1S/C20H15F2N3O2/c21-15-8-13(9-16(22)10-15)11-24-6-7-25-19(20(24)27)17(12-26)18(23-25)14-4-2-1-3-5-14/h1-10,26H,11-12H2. The van der Waals surface area contributed by atoms with E-state index < -0.39 is 17.2 Å². The van der Waals surface area contributed by atoms with Gasteiger partial charge in [0.1, 0.15) is 17.2 Å². The number of hydrogen-bond donors (Lipinski definition) is 1. The van der Waals surface area contributed by atoms with Gasteiger partial charge in [-0.3, -0.25) is 4.79 Å². The van der Waals surface area contributed by atoms with Crippen LogP contribution in [0.3, 0.4) is 0 Å². The van der Waals surface area contributed by atoms with Gasteiger partial charge in [-0.15, -0.1) is 0 Å². The summed E-state index contributed by atoms with van der Waals surface area (Å²) in [6.45, 7) is -0.359. The minimum atomic E-state index is -0.703. The lowest BCUT2D eigenvalue weighted by Gasteiger charge is -2.07. The molecule has 0 aliphatic carbocycles. The SMILES string of the molecule is O=c1c2c(CO)c(-c3ccccc3)nn2ccn1Cc1cc(F)cc(F)c1. The molecule has 0 saturated carbocycles. The van der Waals surface area contributed by atoms with Crippen LogP contribution in [0, 0.1) is 11.6 Å². The average Bonchev–Trinajstić information content (AvgIpc) is 3.03. The molecule has 0 unspecified atom stereocenters. The molecule has 4 rings (SSSR count). The molecule has 2 heterocycles. The summed E-state index contributed by atoms with van der Waals surface area (Å²) < 4.78 is 29.6. The number of aliphatic hydroxyl groups excluding tert-OH is 1. The highest BCUT2D eigenvalue weighted by Crippen LogP contribution is 2.24. The van der Waals surface area contributed by atoms with Crippen LogP contribution in [0.1, 0.15) is 11.1 Å². The molecule has 1 N–H and O–H groups in total. The average molecular weight is 367 g/mol. The Morgan fingerprint density at radius 2 is 1.70 bits per heavy atom. The maximum Gasteiger partial charge on any atom is 0.277 e. The summed E-state index contributed by atoms with van der Waals surface area (Å²) in [4.78, 5) is 12.9. The zero-order chi connectivity index (χ0) is 19.0. The molecule has 0 aliphatic heterocycles. The van der Waals surface area contributed by atoms with Crippen LogP contribution >= 0.6 is 0 Å². The van der Waals surface area contributed by atoms with Gasteiger partial charge in [-0.2, -0.15) is 5.10 Å². The van der Waals surface area contributed by atoms with Gasteiger partial charge in [0, 0.05) is 29.6 Å². The lowest BCUT2D eigenvalue weighted by atomic mass is 10.1. The molecule has 0 aliphatic rings. The molecule has 0 bridgehead atoms. The van der Waals surface area contributed by atoms with Crippen molar-refractivity contribution in [2.24, 2.45) is 0 Å². The maximum absolute atomic E-state index is 13.4. The van der Waals surface area contributed by atoms with E-state index in [1.54, 1.807) is 6.20 Å². The van der Waals surface area contributed by atoms with Crippen molar-refractivity contribution in [3.05, 3.63) is 94.0 Å². The van der Waals surface area contributed by atoms with Crippen molar-refractivity contribution in [1.82, 2.24) is 14.2 Å². The van der Waals surface area contributed by atoms with Crippen molar-refractivity contribution in [2.45, 2.75) is 13.2 Å². The van der Waals surface area contributed by atoms with Gasteiger partial charge in [0.05, 0.1) is 18.8 Å². The van der Waals surface area contributed by atoms with Crippen molar-refractivity contribution in [2.75, 3.05) is 0 Å². The van der Waals surface area contributed by atoms with Crippen molar-refractivity contribution >= 4 is 5.52 Å². The summed E-state index contributed by atoms with van der Waals surface area (Å²) in [5.41, 5.74) is 1.86. The Bertz CT molecular complexity index is 1160. The van der Waals surface area contributed by atoms with E-state index in [-0.39, 0.29) is 18.7 Å². The summed E-state index contributed by atoms with van der Waals surface area (Å²) in [6, 6.07) is 12.4. The molecule has 2 aromatic heterocycles. The van der Waals surface area contributed by atoms with Crippen molar-refractivity contribution in [3.63, 3.8) is 0 Å². The second kappa shape index (κ2) is 6.77. The quantitative estimate of drug-likeness (QED) is 0.603. The first-order valence-electron chi connectivity index (χ1n) is 8.28. The van der Waals surface area contributed by atoms with Crippen molar-refractivity contribution in [3.8, 4) is 11.3 Å². The number of hydrogen-bond acceptors (Lipinski definition) is 3. The summed E-state index contributed by atoms with van der Waals surface area (Å²) in [5, 5.41) is 14.3. The Morgan fingerprint density at radius 1 is 1.00 bits per heavy atom. The molecule has 0 radical (unpaired) electrons.